The van der Waals surface area contributed by atoms with E-state index in [-0.39, 0.29) is 5.91 Å². The van der Waals surface area contributed by atoms with Gasteiger partial charge in [-0.1, -0.05) is 0 Å². The SMILES string of the molecule is CC(=O)N(C)Cc1cnc2c(c1)CCC=N2. The Morgan fingerprint density at radius 3 is 3.12 bits per heavy atom. The van der Waals surface area contributed by atoms with E-state index < -0.39 is 0 Å². The number of carbonyl (C=O) groups is 1. The van der Waals surface area contributed by atoms with Crippen molar-refractivity contribution in [3.05, 3.63) is 23.4 Å². The summed E-state index contributed by atoms with van der Waals surface area (Å²) < 4.78 is 0. The fraction of sp³-hybridized carbons (Fsp3) is 0.417. The molecule has 1 aliphatic heterocycles. The van der Waals surface area contributed by atoms with Gasteiger partial charge in [-0.3, -0.25) is 4.79 Å². The highest BCUT2D eigenvalue weighted by Crippen LogP contribution is 2.22. The number of aryl methyl sites for hydroxylation is 1. The zero-order chi connectivity index (χ0) is 11.5. The van der Waals surface area contributed by atoms with Crippen molar-refractivity contribution in [1.82, 2.24) is 9.88 Å². The van der Waals surface area contributed by atoms with Crippen LogP contribution in [0.5, 0.6) is 0 Å². The molecule has 2 rings (SSSR count). The topological polar surface area (TPSA) is 45.6 Å². The fourth-order valence-corrected chi connectivity index (χ4v) is 1.70. The first-order chi connectivity index (χ1) is 7.66. The van der Waals surface area contributed by atoms with Crippen molar-refractivity contribution in [1.29, 1.82) is 0 Å². The third-order valence-corrected chi connectivity index (χ3v) is 2.71. The summed E-state index contributed by atoms with van der Waals surface area (Å²) in [5, 5.41) is 0. The molecule has 0 saturated carbocycles. The molecule has 0 radical (unpaired) electrons. The van der Waals surface area contributed by atoms with Crippen LogP contribution in [0.3, 0.4) is 0 Å². The number of hydrogen-bond acceptors (Lipinski definition) is 3. The summed E-state index contributed by atoms with van der Waals surface area (Å²) in [5.41, 5.74) is 2.24. The number of aliphatic imine (C=N–C) groups is 1. The zero-order valence-corrected chi connectivity index (χ0v) is 9.60. The van der Waals surface area contributed by atoms with Crippen LogP contribution in [0.15, 0.2) is 17.3 Å². The van der Waals surface area contributed by atoms with Gasteiger partial charge in [0.05, 0.1) is 0 Å². The Labute approximate surface area is 95.0 Å². The maximum absolute atomic E-state index is 11.1. The van der Waals surface area contributed by atoms with Crippen LogP contribution >= 0.6 is 0 Å². The van der Waals surface area contributed by atoms with Gasteiger partial charge in [-0.25, -0.2) is 9.98 Å². The Bertz CT molecular complexity index is 440. The van der Waals surface area contributed by atoms with Crippen LogP contribution in [0.25, 0.3) is 0 Å². The van der Waals surface area contributed by atoms with E-state index in [0.29, 0.717) is 6.54 Å². The van der Waals surface area contributed by atoms with Crippen LogP contribution in [-0.4, -0.2) is 29.1 Å². The first-order valence-corrected chi connectivity index (χ1v) is 5.39. The van der Waals surface area contributed by atoms with Crippen molar-refractivity contribution in [2.24, 2.45) is 4.99 Å². The molecular weight excluding hydrogens is 202 g/mol. The Kier molecular flexibility index (Phi) is 2.99. The molecular formula is C12H15N3O. The minimum absolute atomic E-state index is 0.0655. The molecule has 0 unspecified atom stereocenters. The second-order valence-corrected chi connectivity index (χ2v) is 4.05. The van der Waals surface area contributed by atoms with Crippen LogP contribution in [0.4, 0.5) is 5.82 Å². The van der Waals surface area contributed by atoms with Crippen LogP contribution in [0, 0.1) is 0 Å². The molecule has 0 aromatic carbocycles. The van der Waals surface area contributed by atoms with E-state index >= 15 is 0 Å². The summed E-state index contributed by atoms with van der Waals surface area (Å²) in [7, 11) is 1.79. The lowest BCUT2D eigenvalue weighted by molar-refractivity contribution is -0.128. The lowest BCUT2D eigenvalue weighted by Gasteiger charge is -2.16. The predicted molar refractivity (Wildman–Crippen MR) is 62.9 cm³/mol. The second kappa shape index (κ2) is 4.43. The van der Waals surface area contributed by atoms with Crippen molar-refractivity contribution in [2.75, 3.05) is 7.05 Å². The monoisotopic (exact) mass is 217 g/mol. The third kappa shape index (κ3) is 2.27. The van der Waals surface area contributed by atoms with Gasteiger partial charge >= 0.3 is 0 Å². The molecule has 0 spiro atoms. The Balaban J connectivity index is 2.18. The van der Waals surface area contributed by atoms with Crippen molar-refractivity contribution >= 4 is 17.9 Å². The Morgan fingerprint density at radius 2 is 2.38 bits per heavy atom. The van der Waals surface area contributed by atoms with E-state index in [1.54, 1.807) is 25.1 Å². The molecule has 16 heavy (non-hydrogen) atoms. The van der Waals surface area contributed by atoms with E-state index in [4.69, 9.17) is 0 Å². The van der Waals surface area contributed by atoms with E-state index in [1.807, 2.05) is 6.21 Å². The van der Waals surface area contributed by atoms with Crippen molar-refractivity contribution in [3.8, 4) is 0 Å². The third-order valence-electron chi connectivity index (χ3n) is 2.71. The summed E-state index contributed by atoms with van der Waals surface area (Å²) in [5.74, 6) is 0.885. The Morgan fingerprint density at radius 1 is 1.56 bits per heavy atom. The van der Waals surface area contributed by atoms with Gasteiger partial charge in [0.15, 0.2) is 5.82 Å². The first-order valence-electron chi connectivity index (χ1n) is 5.39. The summed E-state index contributed by atoms with van der Waals surface area (Å²) in [4.78, 5) is 21.3. The van der Waals surface area contributed by atoms with Gasteiger partial charge in [-0.05, 0) is 30.0 Å². The molecule has 0 fully saturated rings. The lowest BCUT2D eigenvalue weighted by atomic mass is 10.1. The number of hydrogen-bond donors (Lipinski definition) is 0. The number of carbonyl (C=O) groups excluding carboxylic acids is 1. The number of nitrogens with zero attached hydrogens (tertiary/aromatic N) is 3. The first kappa shape index (κ1) is 10.8. The normalized spacial score (nSPS) is 13.4. The minimum Gasteiger partial charge on any atom is -0.342 e. The second-order valence-electron chi connectivity index (χ2n) is 4.05. The Hall–Kier alpha value is -1.71. The summed E-state index contributed by atoms with van der Waals surface area (Å²) in [6.45, 7) is 2.18. The highest BCUT2D eigenvalue weighted by Gasteiger charge is 2.09. The lowest BCUT2D eigenvalue weighted by Crippen LogP contribution is -2.23. The molecule has 0 N–H and O–H groups in total. The summed E-state index contributed by atoms with van der Waals surface area (Å²) in [6, 6.07) is 2.10. The largest absolute Gasteiger partial charge is 0.342 e. The predicted octanol–water partition coefficient (Wildman–Crippen LogP) is 1.71. The molecule has 0 saturated heterocycles. The molecule has 0 bridgehead atoms. The van der Waals surface area contributed by atoms with Crippen LogP contribution in [-0.2, 0) is 17.8 Å². The fourth-order valence-electron chi connectivity index (χ4n) is 1.70. The minimum atomic E-state index is 0.0655. The quantitative estimate of drug-likeness (QED) is 0.757. The smallest absolute Gasteiger partial charge is 0.219 e. The van der Waals surface area contributed by atoms with Gasteiger partial charge in [0, 0.05) is 32.9 Å². The van der Waals surface area contributed by atoms with Gasteiger partial charge in [0.1, 0.15) is 0 Å². The van der Waals surface area contributed by atoms with Crippen LogP contribution < -0.4 is 0 Å². The molecule has 0 aliphatic carbocycles. The van der Waals surface area contributed by atoms with Crippen LogP contribution in [0.2, 0.25) is 0 Å². The van der Waals surface area contributed by atoms with Crippen LogP contribution in [0.1, 0.15) is 24.5 Å². The highest BCUT2D eigenvalue weighted by atomic mass is 16.2. The molecule has 1 aromatic rings. The summed E-state index contributed by atoms with van der Waals surface area (Å²) >= 11 is 0. The molecule has 1 amide bonds. The van der Waals surface area contributed by atoms with E-state index in [9.17, 15) is 4.79 Å². The van der Waals surface area contributed by atoms with E-state index in [2.05, 4.69) is 16.0 Å². The van der Waals surface area contributed by atoms with E-state index in [0.717, 1.165) is 24.2 Å². The van der Waals surface area contributed by atoms with Crippen molar-refractivity contribution in [2.45, 2.75) is 26.3 Å². The highest BCUT2D eigenvalue weighted by molar-refractivity contribution is 5.73. The molecule has 1 aromatic heterocycles. The summed E-state index contributed by atoms with van der Waals surface area (Å²) in [6.07, 6.45) is 5.65. The standard InChI is InChI=1S/C12H15N3O/c1-9(16)15(2)8-10-6-11-4-3-5-13-12(11)14-7-10/h5-7H,3-4,8H2,1-2H3. The van der Waals surface area contributed by atoms with Crippen molar-refractivity contribution < 1.29 is 4.79 Å². The van der Waals surface area contributed by atoms with Gasteiger partial charge in [-0.2, -0.15) is 0 Å². The molecule has 0 atom stereocenters. The molecule has 84 valence electrons. The molecule has 2 heterocycles. The number of rotatable bonds is 2. The maximum Gasteiger partial charge on any atom is 0.219 e. The van der Waals surface area contributed by atoms with E-state index in [1.165, 1.54) is 5.56 Å². The average molecular weight is 217 g/mol. The molecule has 4 heteroatoms. The van der Waals surface area contributed by atoms with Gasteiger partial charge in [0.25, 0.3) is 0 Å². The number of aromatic nitrogens is 1. The average Bonchev–Trinajstić information content (AvgIpc) is 2.28. The van der Waals surface area contributed by atoms with Gasteiger partial charge in [-0.15, -0.1) is 0 Å². The number of fused-ring (bicyclic) bond motifs is 1. The maximum atomic E-state index is 11.1. The van der Waals surface area contributed by atoms with Gasteiger partial charge < -0.3 is 4.90 Å². The van der Waals surface area contributed by atoms with Crippen molar-refractivity contribution in [3.63, 3.8) is 0 Å². The van der Waals surface area contributed by atoms with Gasteiger partial charge in [0.2, 0.25) is 5.91 Å². The molecule has 4 nitrogen and oxygen atoms in total. The number of pyridine rings is 1. The number of amides is 1. The molecule has 1 aliphatic rings. The zero-order valence-electron chi connectivity index (χ0n) is 9.60.